The number of nitrogen functional groups attached to an aromatic ring is 1. The number of aromatic nitrogens is 3. The highest BCUT2D eigenvalue weighted by atomic mass is 16.3. The van der Waals surface area contributed by atoms with Crippen molar-refractivity contribution < 1.29 is 4.42 Å². The average molecular weight is 323 g/mol. The molecule has 0 bridgehead atoms. The summed E-state index contributed by atoms with van der Waals surface area (Å²) in [6, 6.07) is 9.17. The zero-order chi connectivity index (χ0) is 16.7. The topological polar surface area (TPSA) is 120 Å². The van der Waals surface area contributed by atoms with Gasteiger partial charge in [0.2, 0.25) is 0 Å². The van der Waals surface area contributed by atoms with Crippen molar-refractivity contribution in [3.63, 3.8) is 0 Å². The van der Waals surface area contributed by atoms with Crippen molar-refractivity contribution in [3.05, 3.63) is 59.2 Å². The van der Waals surface area contributed by atoms with Crippen molar-refractivity contribution in [1.29, 1.82) is 0 Å². The fourth-order valence-electron chi connectivity index (χ4n) is 2.76. The minimum absolute atomic E-state index is 0.306. The molecule has 0 amide bonds. The summed E-state index contributed by atoms with van der Waals surface area (Å²) < 4.78 is 7.21. The van der Waals surface area contributed by atoms with Gasteiger partial charge in [-0.05, 0) is 36.2 Å². The Hall–Kier alpha value is -3.29. The second-order valence-corrected chi connectivity index (χ2v) is 5.73. The first-order valence-electron chi connectivity index (χ1n) is 7.54. The minimum Gasteiger partial charge on any atom is -0.467 e. The number of hydrogen-bond donors (Lipinski definition) is 3. The van der Waals surface area contributed by atoms with Crippen LogP contribution >= 0.6 is 0 Å². The van der Waals surface area contributed by atoms with Crippen LogP contribution in [-0.2, 0) is 6.54 Å². The third-order valence-corrected chi connectivity index (χ3v) is 4.01. The zero-order valence-electron chi connectivity index (χ0n) is 13.1. The molecule has 0 aliphatic carbocycles. The van der Waals surface area contributed by atoms with Gasteiger partial charge < -0.3 is 21.2 Å². The van der Waals surface area contributed by atoms with Crippen LogP contribution < -0.4 is 16.8 Å². The molecule has 0 radical (unpaired) electrons. The summed E-state index contributed by atoms with van der Waals surface area (Å²) in [6.45, 7) is 2.53. The lowest BCUT2D eigenvalue weighted by Gasteiger charge is -2.18. The first-order chi connectivity index (χ1) is 11.6. The fourth-order valence-corrected chi connectivity index (χ4v) is 2.76. The number of nitrogens with two attached hydrogens (primary N) is 2. The van der Waals surface area contributed by atoms with Gasteiger partial charge in [-0.25, -0.2) is 9.67 Å². The molecule has 1 unspecified atom stereocenters. The van der Waals surface area contributed by atoms with E-state index in [1.54, 1.807) is 10.9 Å². The highest BCUT2D eigenvalue weighted by molar-refractivity contribution is 5.94. The summed E-state index contributed by atoms with van der Waals surface area (Å²) in [4.78, 5) is 4.37. The fraction of sp³-hybridized carbons (Fsp3) is 0.188. The summed E-state index contributed by atoms with van der Waals surface area (Å²) in [5, 5.41) is 11.6. The van der Waals surface area contributed by atoms with Crippen LogP contribution in [0.3, 0.4) is 0 Å². The minimum atomic E-state index is -0.391. The molecular weight excluding hydrogens is 306 g/mol. The first kappa shape index (κ1) is 14.3. The number of aliphatic imine (C=N–C) groups is 1. The van der Waals surface area contributed by atoms with Gasteiger partial charge in [-0.2, -0.15) is 0 Å². The molecule has 1 aromatic carbocycles. The molecular formula is C16H17N7O. The molecule has 2 aromatic heterocycles. The average Bonchev–Trinajstić information content (AvgIpc) is 3.21. The molecule has 0 saturated carbocycles. The van der Waals surface area contributed by atoms with E-state index < -0.39 is 6.04 Å². The number of aryl methyl sites for hydroxylation is 1. The molecule has 8 nitrogen and oxygen atoms in total. The molecule has 0 spiro atoms. The first-order valence-corrected chi connectivity index (χ1v) is 7.54. The summed E-state index contributed by atoms with van der Waals surface area (Å²) in [5.74, 6) is 1.70. The van der Waals surface area contributed by atoms with Crippen LogP contribution in [0.5, 0.6) is 0 Å². The van der Waals surface area contributed by atoms with E-state index in [4.69, 9.17) is 15.9 Å². The molecule has 5 N–H and O–H groups in total. The van der Waals surface area contributed by atoms with Crippen molar-refractivity contribution in [2.75, 3.05) is 11.1 Å². The maximum atomic E-state index is 5.92. The van der Waals surface area contributed by atoms with E-state index in [1.165, 1.54) is 0 Å². The Morgan fingerprint density at radius 2 is 2.17 bits per heavy atom. The molecule has 3 aromatic rings. The number of rotatable bonds is 3. The van der Waals surface area contributed by atoms with Crippen molar-refractivity contribution >= 4 is 17.5 Å². The molecule has 0 fully saturated rings. The smallest absolute Gasteiger partial charge is 0.195 e. The molecule has 122 valence electrons. The van der Waals surface area contributed by atoms with Gasteiger partial charge in [0.05, 0.1) is 12.8 Å². The van der Waals surface area contributed by atoms with Crippen LogP contribution in [0.1, 0.15) is 28.6 Å². The molecule has 1 aliphatic heterocycles. The Labute approximate surface area is 138 Å². The molecule has 3 heterocycles. The van der Waals surface area contributed by atoms with E-state index in [9.17, 15) is 0 Å². The van der Waals surface area contributed by atoms with E-state index in [2.05, 4.69) is 20.6 Å². The summed E-state index contributed by atoms with van der Waals surface area (Å²) in [7, 11) is 0. The largest absolute Gasteiger partial charge is 0.467 e. The lowest BCUT2D eigenvalue weighted by atomic mass is 10.1. The van der Waals surface area contributed by atoms with E-state index in [1.807, 2.05) is 37.3 Å². The predicted octanol–water partition coefficient (Wildman–Crippen LogP) is 1.64. The number of anilines is 2. The van der Waals surface area contributed by atoms with E-state index >= 15 is 0 Å². The van der Waals surface area contributed by atoms with Crippen molar-refractivity contribution in [2.24, 2.45) is 10.7 Å². The lowest BCUT2D eigenvalue weighted by Crippen LogP contribution is -2.29. The number of fused-ring (bicyclic) bond motifs is 1. The van der Waals surface area contributed by atoms with E-state index in [0.29, 0.717) is 24.0 Å². The maximum absolute atomic E-state index is 5.92. The normalized spacial score (nSPS) is 16.4. The number of furan rings is 1. The van der Waals surface area contributed by atoms with Gasteiger partial charge in [0.15, 0.2) is 17.8 Å². The van der Waals surface area contributed by atoms with Gasteiger partial charge in [-0.3, -0.25) is 0 Å². The summed E-state index contributed by atoms with van der Waals surface area (Å²) >= 11 is 0. The van der Waals surface area contributed by atoms with Gasteiger partial charge in [-0.1, -0.05) is 17.3 Å². The second kappa shape index (κ2) is 5.41. The third kappa shape index (κ3) is 2.37. The van der Waals surface area contributed by atoms with Gasteiger partial charge in [0.25, 0.3) is 0 Å². The second-order valence-electron chi connectivity index (χ2n) is 5.73. The third-order valence-electron chi connectivity index (χ3n) is 4.01. The Morgan fingerprint density at radius 1 is 1.29 bits per heavy atom. The Morgan fingerprint density at radius 3 is 2.92 bits per heavy atom. The highest BCUT2D eigenvalue weighted by Crippen LogP contribution is 2.33. The van der Waals surface area contributed by atoms with Gasteiger partial charge in [-0.15, -0.1) is 5.10 Å². The number of guanidine groups is 1. The molecule has 24 heavy (non-hydrogen) atoms. The van der Waals surface area contributed by atoms with Crippen molar-refractivity contribution in [1.82, 2.24) is 15.0 Å². The van der Waals surface area contributed by atoms with Crippen LogP contribution in [0.4, 0.5) is 11.5 Å². The molecule has 1 aliphatic rings. The van der Waals surface area contributed by atoms with E-state index in [0.717, 1.165) is 22.6 Å². The quantitative estimate of drug-likeness (QED) is 0.630. The Bertz CT molecular complexity index is 911. The summed E-state index contributed by atoms with van der Waals surface area (Å²) in [5.41, 5.74) is 15.4. The zero-order valence-corrected chi connectivity index (χ0v) is 13.1. The van der Waals surface area contributed by atoms with Crippen molar-refractivity contribution in [2.45, 2.75) is 19.5 Å². The van der Waals surface area contributed by atoms with Crippen LogP contribution in [0.2, 0.25) is 0 Å². The van der Waals surface area contributed by atoms with Crippen LogP contribution in [0, 0.1) is 6.92 Å². The molecule has 4 rings (SSSR count). The van der Waals surface area contributed by atoms with Gasteiger partial charge in [0.1, 0.15) is 11.5 Å². The number of nitrogens with zero attached hydrogens (tertiary/aromatic N) is 4. The van der Waals surface area contributed by atoms with Crippen molar-refractivity contribution in [3.8, 4) is 0 Å². The maximum Gasteiger partial charge on any atom is 0.195 e. The molecule has 1 atom stereocenters. The summed E-state index contributed by atoms with van der Waals surface area (Å²) in [6.07, 6.45) is 1.60. The molecule has 8 heteroatoms. The van der Waals surface area contributed by atoms with E-state index in [-0.39, 0.29) is 0 Å². The van der Waals surface area contributed by atoms with Gasteiger partial charge in [0, 0.05) is 5.69 Å². The van der Waals surface area contributed by atoms with Gasteiger partial charge >= 0.3 is 0 Å². The lowest BCUT2D eigenvalue weighted by molar-refractivity contribution is 0.486. The number of hydrogen-bond acceptors (Lipinski definition) is 7. The standard InChI is InChI=1S/C16H17N7O/c1-9-7-10(4-5-11(9)17)8-23-15-14(21-22-23)13(19-16(18)20-15)12-3-2-6-24-12/h2-7,13H,8,17H2,1H3,(H3,18,19,20). The van der Waals surface area contributed by atoms with Crippen LogP contribution in [0.15, 0.2) is 46.0 Å². The number of nitrogens with one attached hydrogen (secondary N) is 1. The van der Waals surface area contributed by atoms with Crippen LogP contribution in [0.25, 0.3) is 0 Å². The highest BCUT2D eigenvalue weighted by Gasteiger charge is 2.29. The predicted molar refractivity (Wildman–Crippen MR) is 90.5 cm³/mol. The SMILES string of the molecule is Cc1cc(Cn2nnc3c2NC(N)=NC3c2ccco2)ccc1N. The van der Waals surface area contributed by atoms with Crippen LogP contribution in [-0.4, -0.2) is 21.0 Å². The Kier molecular flexibility index (Phi) is 3.23. The monoisotopic (exact) mass is 323 g/mol. The molecule has 0 saturated heterocycles. The Balaban J connectivity index is 1.70. The number of benzene rings is 1.